The Morgan fingerprint density at radius 1 is 1.40 bits per heavy atom. The van der Waals surface area contributed by atoms with Gasteiger partial charge in [-0.05, 0) is 43.7 Å². The SMILES string of the molecule is CNS(=O)(=O)[C@H]1CCOC[C@H]1Cc1cc(Cl)ccc1Cl. The van der Waals surface area contributed by atoms with E-state index in [1.165, 1.54) is 7.05 Å². The second-order valence-corrected chi connectivity index (χ2v) is 7.80. The van der Waals surface area contributed by atoms with Crippen LogP contribution in [0.3, 0.4) is 0 Å². The number of hydrogen-bond donors (Lipinski definition) is 1. The Bertz CT molecular complexity index is 577. The molecule has 0 radical (unpaired) electrons. The lowest BCUT2D eigenvalue weighted by molar-refractivity contribution is 0.0571. The van der Waals surface area contributed by atoms with Gasteiger partial charge in [-0.3, -0.25) is 0 Å². The number of hydrogen-bond acceptors (Lipinski definition) is 3. The van der Waals surface area contributed by atoms with Gasteiger partial charge in [0, 0.05) is 22.6 Å². The van der Waals surface area contributed by atoms with E-state index in [9.17, 15) is 8.42 Å². The minimum absolute atomic E-state index is 0.128. The molecule has 1 aromatic rings. The molecule has 20 heavy (non-hydrogen) atoms. The van der Waals surface area contributed by atoms with Gasteiger partial charge in [-0.1, -0.05) is 23.2 Å². The van der Waals surface area contributed by atoms with Gasteiger partial charge in [-0.15, -0.1) is 0 Å². The van der Waals surface area contributed by atoms with Crippen LogP contribution in [0.4, 0.5) is 0 Å². The maximum Gasteiger partial charge on any atom is 0.214 e. The smallest absolute Gasteiger partial charge is 0.214 e. The summed E-state index contributed by atoms with van der Waals surface area (Å²) >= 11 is 12.1. The van der Waals surface area contributed by atoms with E-state index < -0.39 is 15.3 Å². The van der Waals surface area contributed by atoms with E-state index in [0.717, 1.165) is 5.56 Å². The molecule has 1 fully saturated rings. The summed E-state index contributed by atoms with van der Waals surface area (Å²) in [4.78, 5) is 0. The molecule has 1 aliphatic rings. The number of benzene rings is 1. The van der Waals surface area contributed by atoms with Crippen molar-refractivity contribution < 1.29 is 13.2 Å². The maximum absolute atomic E-state index is 12.1. The molecule has 1 saturated heterocycles. The first-order valence-corrected chi connectivity index (χ1v) is 8.68. The van der Waals surface area contributed by atoms with Crippen LogP contribution in [0.1, 0.15) is 12.0 Å². The fraction of sp³-hybridized carbons (Fsp3) is 0.538. The van der Waals surface area contributed by atoms with Gasteiger partial charge in [0.15, 0.2) is 0 Å². The molecule has 1 N–H and O–H groups in total. The molecule has 0 amide bonds. The molecule has 2 rings (SSSR count). The zero-order valence-electron chi connectivity index (χ0n) is 11.1. The summed E-state index contributed by atoms with van der Waals surface area (Å²) in [6.07, 6.45) is 1.02. The van der Waals surface area contributed by atoms with Crippen LogP contribution in [0, 0.1) is 5.92 Å². The average Bonchev–Trinajstić information content (AvgIpc) is 2.43. The average molecular weight is 338 g/mol. The predicted octanol–water partition coefficient (Wildman–Crippen LogP) is 2.49. The lowest BCUT2D eigenvalue weighted by Crippen LogP contribution is -2.43. The lowest BCUT2D eigenvalue weighted by Gasteiger charge is -2.31. The Kier molecular flexibility index (Phi) is 5.31. The van der Waals surface area contributed by atoms with Gasteiger partial charge < -0.3 is 4.74 Å². The van der Waals surface area contributed by atoms with Crippen molar-refractivity contribution in [3.05, 3.63) is 33.8 Å². The van der Waals surface area contributed by atoms with E-state index >= 15 is 0 Å². The monoisotopic (exact) mass is 337 g/mol. The van der Waals surface area contributed by atoms with Gasteiger partial charge in [0.1, 0.15) is 0 Å². The molecule has 1 heterocycles. The fourth-order valence-corrected chi connectivity index (χ4v) is 4.29. The molecule has 0 unspecified atom stereocenters. The van der Waals surface area contributed by atoms with Gasteiger partial charge in [0.25, 0.3) is 0 Å². The first-order valence-electron chi connectivity index (χ1n) is 6.38. The number of nitrogens with one attached hydrogen (secondary N) is 1. The van der Waals surface area contributed by atoms with Crippen molar-refractivity contribution in [3.63, 3.8) is 0 Å². The van der Waals surface area contributed by atoms with Crippen LogP contribution >= 0.6 is 23.2 Å². The highest BCUT2D eigenvalue weighted by Crippen LogP contribution is 2.29. The Labute approximate surface area is 129 Å². The van der Waals surface area contributed by atoms with E-state index in [4.69, 9.17) is 27.9 Å². The largest absolute Gasteiger partial charge is 0.381 e. The van der Waals surface area contributed by atoms with Crippen LogP contribution in [-0.4, -0.2) is 33.9 Å². The molecule has 4 nitrogen and oxygen atoms in total. The van der Waals surface area contributed by atoms with Crippen LogP contribution in [0.25, 0.3) is 0 Å². The van der Waals surface area contributed by atoms with Gasteiger partial charge in [-0.25, -0.2) is 13.1 Å². The van der Waals surface area contributed by atoms with Crippen LogP contribution in [0.5, 0.6) is 0 Å². The zero-order valence-corrected chi connectivity index (χ0v) is 13.4. The number of sulfonamides is 1. The fourth-order valence-electron chi connectivity index (χ4n) is 2.51. The summed E-state index contributed by atoms with van der Waals surface area (Å²) in [5, 5.41) is 0.728. The molecule has 0 aromatic heterocycles. The molecule has 7 heteroatoms. The standard InChI is InChI=1S/C13H17Cl2NO3S/c1-16-20(17,18)13-4-5-19-8-10(13)6-9-7-11(14)2-3-12(9)15/h2-3,7,10,13,16H,4-6,8H2,1H3/t10-,13+/m1/s1. The topological polar surface area (TPSA) is 55.4 Å². The second-order valence-electron chi connectivity index (χ2n) is 4.85. The summed E-state index contributed by atoms with van der Waals surface area (Å²) in [5.41, 5.74) is 0.853. The van der Waals surface area contributed by atoms with Crippen molar-refractivity contribution >= 4 is 33.2 Å². The summed E-state index contributed by atoms with van der Waals surface area (Å²) < 4.78 is 32.0. The predicted molar refractivity (Wildman–Crippen MR) is 80.9 cm³/mol. The highest BCUT2D eigenvalue weighted by molar-refractivity contribution is 7.90. The van der Waals surface area contributed by atoms with Crippen LogP contribution in [0.2, 0.25) is 10.0 Å². The van der Waals surface area contributed by atoms with E-state index in [-0.39, 0.29) is 5.92 Å². The summed E-state index contributed by atoms with van der Waals surface area (Å²) in [7, 11) is -1.88. The van der Waals surface area contributed by atoms with Crippen molar-refractivity contribution in [2.24, 2.45) is 5.92 Å². The minimum Gasteiger partial charge on any atom is -0.381 e. The van der Waals surface area contributed by atoms with Crippen molar-refractivity contribution in [1.29, 1.82) is 0 Å². The lowest BCUT2D eigenvalue weighted by atomic mass is 9.93. The molecular formula is C13H17Cl2NO3S. The molecule has 0 saturated carbocycles. The molecule has 0 bridgehead atoms. The molecule has 112 valence electrons. The maximum atomic E-state index is 12.1. The number of halogens is 2. The van der Waals surface area contributed by atoms with Gasteiger partial charge in [0.05, 0.1) is 11.9 Å². The third kappa shape index (κ3) is 3.65. The first-order chi connectivity index (χ1) is 9.44. The van der Waals surface area contributed by atoms with Crippen molar-refractivity contribution in [1.82, 2.24) is 4.72 Å². The Morgan fingerprint density at radius 2 is 2.15 bits per heavy atom. The van der Waals surface area contributed by atoms with Gasteiger partial charge in [0.2, 0.25) is 10.0 Å². The highest BCUT2D eigenvalue weighted by atomic mass is 35.5. The van der Waals surface area contributed by atoms with Crippen LogP contribution in [0.15, 0.2) is 18.2 Å². The zero-order chi connectivity index (χ0) is 14.8. The quantitative estimate of drug-likeness (QED) is 0.918. The number of ether oxygens (including phenoxy) is 1. The van der Waals surface area contributed by atoms with Crippen molar-refractivity contribution in [2.45, 2.75) is 18.1 Å². The van der Waals surface area contributed by atoms with Crippen LogP contribution in [-0.2, 0) is 21.2 Å². The Morgan fingerprint density at radius 3 is 2.85 bits per heavy atom. The minimum atomic E-state index is -3.32. The molecule has 0 spiro atoms. The summed E-state index contributed by atoms with van der Waals surface area (Å²) in [6.45, 7) is 0.875. The number of rotatable bonds is 4. The highest BCUT2D eigenvalue weighted by Gasteiger charge is 2.35. The normalized spacial score (nSPS) is 23.8. The van der Waals surface area contributed by atoms with E-state index in [1.807, 2.05) is 0 Å². The second kappa shape index (κ2) is 6.62. The van der Waals surface area contributed by atoms with Crippen LogP contribution < -0.4 is 4.72 Å². The van der Waals surface area contributed by atoms with Crippen molar-refractivity contribution in [3.8, 4) is 0 Å². The Hall–Kier alpha value is -0.330. The molecule has 1 aromatic carbocycles. The third-order valence-electron chi connectivity index (χ3n) is 3.58. The third-order valence-corrected chi connectivity index (χ3v) is 6.17. The van der Waals surface area contributed by atoms with Crippen molar-refractivity contribution in [2.75, 3.05) is 20.3 Å². The molecular weight excluding hydrogens is 321 g/mol. The molecule has 0 aliphatic carbocycles. The molecule has 1 aliphatic heterocycles. The van der Waals surface area contributed by atoms with E-state index in [2.05, 4.69) is 4.72 Å². The van der Waals surface area contributed by atoms with Gasteiger partial charge in [-0.2, -0.15) is 0 Å². The summed E-state index contributed by atoms with van der Waals surface area (Å²) in [5.74, 6) is -0.128. The molecule has 2 atom stereocenters. The summed E-state index contributed by atoms with van der Waals surface area (Å²) in [6, 6.07) is 5.22. The van der Waals surface area contributed by atoms with E-state index in [1.54, 1.807) is 18.2 Å². The van der Waals surface area contributed by atoms with E-state index in [0.29, 0.717) is 36.1 Å². The van der Waals surface area contributed by atoms with Gasteiger partial charge >= 0.3 is 0 Å². The first kappa shape index (κ1) is 16.0. The Balaban J connectivity index is 2.23.